The van der Waals surface area contributed by atoms with Crippen LogP contribution in [0.3, 0.4) is 0 Å². The molecule has 1 aliphatic carbocycles. The lowest BCUT2D eigenvalue weighted by Crippen LogP contribution is -2.55. The van der Waals surface area contributed by atoms with Gasteiger partial charge in [-0.25, -0.2) is 0 Å². The molecule has 0 bridgehead atoms. The summed E-state index contributed by atoms with van der Waals surface area (Å²) in [6, 6.07) is 2.21. The van der Waals surface area contributed by atoms with E-state index in [1.54, 1.807) is 0 Å². The molecule has 1 saturated heterocycles. The van der Waals surface area contributed by atoms with Crippen molar-refractivity contribution in [3.63, 3.8) is 0 Å². The largest absolute Gasteiger partial charge is 0.389 e. The summed E-state index contributed by atoms with van der Waals surface area (Å²) in [4.78, 5) is 12.3. The summed E-state index contributed by atoms with van der Waals surface area (Å²) in [7, 11) is 0. The van der Waals surface area contributed by atoms with Gasteiger partial charge in [0.1, 0.15) is 5.54 Å². The molecule has 0 spiro atoms. The minimum atomic E-state index is -4.13. The summed E-state index contributed by atoms with van der Waals surface area (Å²) >= 11 is 0. The van der Waals surface area contributed by atoms with Crippen molar-refractivity contribution in [1.82, 2.24) is 10.6 Å². The molecule has 4 nitrogen and oxygen atoms in total. The third-order valence-electron chi connectivity index (χ3n) is 4.77. The molecule has 2 N–H and O–H groups in total. The molecule has 2 rings (SSSR count). The number of carbonyl (C=O) groups is 1. The zero-order valence-corrected chi connectivity index (χ0v) is 12.5. The lowest BCUT2D eigenvalue weighted by molar-refractivity contribution is -0.147. The number of amides is 1. The number of nitrogens with one attached hydrogen (secondary N) is 2. The van der Waals surface area contributed by atoms with Gasteiger partial charge in [0.25, 0.3) is 0 Å². The normalized spacial score (nSPS) is 28.6. The molecule has 0 aromatic carbocycles. The second kappa shape index (κ2) is 6.86. The molecule has 0 radical (unpaired) electrons. The van der Waals surface area contributed by atoms with Crippen molar-refractivity contribution in [1.29, 1.82) is 5.26 Å². The number of rotatable bonds is 3. The van der Waals surface area contributed by atoms with Gasteiger partial charge in [-0.1, -0.05) is 0 Å². The minimum Gasteiger partial charge on any atom is -0.337 e. The molecular weight excluding hydrogens is 295 g/mol. The molecule has 2 fully saturated rings. The highest BCUT2D eigenvalue weighted by atomic mass is 19.4. The molecule has 7 heteroatoms. The number of hydrogen-bond acceptors (Lipinski definition) is 3. The Morgan fingerprint density at radius 3 is 2.32 bits per heavy atom. The summed E-state index contributed by atoms with van der Waals surface area (Å²) < 4.78 is 37.1. The van der Waals surface area contributed by atoms with Crippen LogP contribution in [0.15, 0.2) is 0 Å². The van der Waals surface area contributed by atoms with Crippen molar-refractivity contribution in [2.24, 2.45) is 11.8 Å². The first-order valence-corrected chi connectivity index (χ1v) is 7.84. The van der Waals surface area contributed by atoms with Crippen LogP contribution in [-0.2, 0) is 4.79 Å². The van der Waals surface area contributed by atoms with Crippen LogP contribution in [-0.4, -0.2) is 30.7 Å². The fourth-order valence-electron chi connectivity index (χ4n) is 3.41. The van der Waals surface area contributed by atoms with Gasteiger partial charge in [0.05, 0.1) is 6.07 Å². The fourth-order valence-corrected chi connectivity index (χ4v) is 3.41. The van der Waals surface area contributed by atoms with E-state index in [-0.39, 0.29) is 17.7 Å². The maximum atomic E-state index is 12.4. The van der Waals surface area contributed by atoms with E-state index in [1.807, 2.05) is 0 Å². The Morgan fingerprint density at radius 2 is 1.82 bits per heavy atom. The smallest absolute Gasteiger partial charge is 0.337 e. The first-order valence-electron chi connectivity index (χ1n) is 7.84. The number of piperidine rings is 1. The summed E-state index contributed by atoms with van der Waals surface area (Å²) in [5.74, 6) is -0.800. The van der Waals surface area contributed by atoms with Crippen LogP contribution in [0.25, 0.3) is 0 Å². The van der Waals surface area contributed by atoms with Gasteiger partial charge in [-0.15, -0.1) is 0 Å². The quantitative estimate of drug-likeness (QED) is 0.840. The highest BCUT2D eigenvalue weighted by Crippen LogP contribution is 2.36. The molecule has 22 heavy (non-hydrogen) atoms. The van der Waals surface area contributed by atoms with Gasteiger partial charge >= 0.3 is 6.18 Å². The monoisotopic (exact) mass is 317 g/mol. The zero-order valence-electron chi connectivity index (χ0n) is 12.5. The van der Waals surface area contributed by atoms with E-state index in [2.05, 4.69) is 16.7 Å². The van der Waals surface area contributed by atoms with Crippen LogP contribution < -0.4 is 10.6 Å². The molecular formula is C15H22F3N3O. The number of alkyl halides is 3. The van der Waals surface area contributed by atoms with Gasteiger partial charge in [0, 0.05) is 12.3 Å². The predicted octanol–water partition coefficient (Wildman–Crippen LogP) is 2.51. The van der Waals surface area contributed by atoms with Crippen molar-refractivity contribution < 1.29 is 18.0 Å². The highest BCUT2D eigenvalue weighted by Gasteiger charge is 2.38. The topological polar surface area (TPSA) is 64.9 Å². The van der Waals surface area contributed by atoms with Gasteiger partial charge in [-0.05, 0) is 57.5 Å². The number of nitriles is 1. The maximum Gasteiger partial charge on any atom is 0.389 e. The molecule has 1 saturated carbocycles. The molecule has 0 aromatic heterocycles. The first kappa shape index (κ1) is 17.1. The number of hydrogen-bond donors (Lipinski definition) is 2. The van der Waals surface area contributed by atoms with Crippen molar-refractivity contribution in [2.75, 3.05) is 13.1 Å². The molecule has 0 aromatic rings. The number of nitrogens with zero attached hydrogens (tertiary/aromatic N) is 1. The second-order valence-corrected chi connectivity index (χ2v) is 6.47. The third kappa shape index (κ3) is 4.60. The van der Waals surface area contributed by atoms with Crippen LogP contribution >= 0.6 is 0 Å². The van der Waals surface area contributed by atoms with E-state index in [4.69, 9.17) is 0 Å². The average Bonchev–Trinajstić information content (AvgIpc) is 2.47. The molecule has 0 atom stereocenters. The number of carbonyl (C=O) groups excluding carboxylic acids is 1. The van der Waals surface area contributed by atoms with Crippen molar-refractivity contribution in [3.05, 3.63) is 0 Å². The zero-order chi connectivity index (χ0) is 16.2. The van der Waals surface area contributed by atoms with Gasteiger partial charge in [0.15, 0.2) is 0 Å². The van der Waals surface area contributed by atoms with Gasteiger partial charge < -0.3 is 10.6 Å². The van der Waals surface area contributed by atoms with Crippen molar-refractivity contribution in [3.8, 4) is 6.07 Å². The Kier molecular flexibility index (Phi) is 5.32. The highest BCUT2D eigenvalue weighted by molar-refractivity contribution is 5.80. The van der Waals surface area contributed by atoms with Gasteiger partial charge in [-0.2, -0.15) is 18.4 Å². The summed E-state index contributed by atoms with van der Waals surface area (Å²) in [5, 5.41) is 15.3. The lowest BCUT2D eigenvalue weighted by Gasteiger charge is -2.35. The lowest BCUT2D eigenvalue weighted by atomic mass is 9.79. The molecule has 1 amide bonds. The average molecular weight is 317 g/mol. The molecule has 1 heterocycles. The Morgan fingerprint density at radius 1 is 1.23 bits per heavy atom. The number of halogens is 3. The van der Waals surface area contributed by atoms with Crippen LogP contribution in [0.5, 0.6) is 0 Å². The van der Waals surface area contributed by atoms with E-state index in [1.165, 1.54) is 0 Å². The van der Waals surface area contributed by atoms with Crippen LogP contribution in [0.1, 0.15) is 44.9 Å². The molecule has 0 unspecified atom stereocenters. The van der Waals surface area contributed by atoms with Crippen LogP contribution in [0.2, 0.25) is 0 Å². The molecule has 1 aliphatic heterocycles. The van der Waals surface area contributed by atoms with Crippen LogP contribution in [0.4, 0.5) is 13.2 Å². The maximum absolute atomic E-state index is 12.4. The Labute approximate surface area is 128 Å². The van der Waals surface area contributed by atoms with E-state index in [9.17, 15) is 23.2 Å². The van der Waals surface area contributed by atoms with Crippen molar-refractivity contribution >= 4 is 5.91 Å². The minimum absolute atomic E-state index is 0.172. The first-order chi connectivity index (χ1) is 10.3. The van der Waals surface area contributed by atoms with E-state index < -0.39 is 18.1 Å². The van der Waals surface area contributed by atoms with E-state index in [0.717, 1.165) is 0 Å². The predicted molar refractivity (Wildman–Crippen MR) is 74.7 cm³/mol. The fraction of sp³-hybridized carbons (Fsp3) is 0.867. The van der Waals surface area contributed by atoms with Gasteiger partial charge in [-0.3, -0.25) is 4.79 Å². The summed E-state index contributed by atoms with van der Waals surface area (Å²) in [5.41, 5.74) is -0.814. The van der Waals surface area contributed by atoms with Crippen LogP contribution in [0, 0.1) is 23.2 Å². The molecule has 2 aliphatic rings. The third-order valence-corrected chi connectivity index (χ3v) is 4.77. The Bertz CT molecular complexity index is 430. The second-order valence-electron chi connectivity index (χ2n) is 6.47. The molecule has 124 valence electrons. The van der Waals surface area contributed by atoms with Gasteiger partial charge in [0.2, 0.25) is 5.91 Å². The Balaban J connectivity index is 1.83. The summed E-state index contributed by atoms with van der Waals surface area (Å²) in [6.45, 7) is 1.37. The van der Waals surface area contributed by atoms with E-state index >= 15 is 0 Å². The Hall–Kier alpha value is -1.29. The standard InChI is InChI=1S/C15H22F3N3O/c16-15(17,18)9-11-1-3-12(4-2-11)13(22)21-14(10-19)5-7-20-8-6-14/h11-12,20H,1-9H2,(H,21,22). The van der Waals surface area contributed by atoms with Crippen molar-refractivity contribution in [2.45, 2.75) is 56.7 Å². The SMILES string of the molecule is N#CC1(NC(=O)C2CCC(CC(F)(F)F)CC2)CCNCC1. The summed E-state index contributed by atoms with van der Waals surface area (Å²) in [6.07, 6.45) is -1.93. The van der Waals surface area contributed by atoms with E-state index in [0.29, 0.717) is 51.6 Å².